The van der Waals surface area contributed by atoms with Crippen molar-refractivity contribution in [3.63, 3.8) is 0 Å². The summed E-state index contributed by atoms with van der Waals surface area (Å²) in [6, 6.07) is 14.6. The highest BCUT2D eigenvalue weighted by Gasteiger charge is 2.29. The number of rotatable bonds is 8. The second kappa shape index (κ2) is 9.32. The minimum atomic E-state index is -0.339. The molecule has 170 valence electrons. The number of carbonyl (C=O) groups excluding carboxylic acids is 1. The average Bonchev–Trinajstić information content (AvgIpc) is 3.29. The molecule has 1 aliphatic rings. The highest BCUT2D eigenvalue weighted by atomic mass is 16.6. The van der Waals surface area contributed by atoms with Gasteiger partial charge in [-0.3, -0.25) is 14.9 Å². The molecule has 1 aliphatic carbocycles. The summed E-state index contributed by atoms with van der Waals surface area (Å²) < 4.78 is 17.8. The van der Waals surface area contributed by atoms with E-state index in [1.165, 1.54) is 14.0 Å². The number of aryl methyl sites for hydroxylation is 1. The number of Topliss-reactive ketones (excluding diaryl/α,β-unsaturated/α-hetero) is 1. The van der Waals surface area contributed by atoms with Crippen LogP contribution >= 0.6 is 0 Å². The maximum Gasteiger partial charge on any atom is 0.273 e. The number of carbonyl (C=O) groups is 1. The lowest BCUT2D eigenvalue weighted by Crippen LogP contribution is -2.06. The number of methoxy groups -OCH3 is 1. The SMILES string of the molecule is COc1c(Oc2c(C)cc([N+](=O)[O-])c3c2CCC3)ccc(OCc2ccccc2)c1C(C)=O. The standard InChI is InChI=1S/C26H25NO6/c1-16-14-21(27(29)30)19-10-7-11-20(19)25(16)33-23-13-12-22(24(17(2)28)26(23)31-3)32-15-18-8-5-4-6-9-18/h4-6,8-9,12-14H,7,10-11,15H2,1-3H3. The van der Waals surface area contributed by atoms with Gasteiger partial charge in [0.25, 0.3) is 5.69 Å². The quantitative estimate of drug-likeness (QED) is 0.240. The Bertz CT molecular complexity index is 1220. The summed E-state index contributed by atoms with van der Waals surface area (Å²) in [6.07, 6.45) is 2.18. The molecule has 0 radical (unpaired) electrons. The molecule has 0 N–H and O–H groups in total. The Labute approximate surface area is 192 Å². The number of hydrogen-bond acceptors (Lipinski definition) is 6. The Hall–Kier alpha value is -3.87. The second-order valence-corrected chi connectivity index (χ2v) is 8.01. The topological polar surface area (TPSA) is 87.9 Å². The minimum Gasteiger partial charge on any atom is -0.492 e. The van der Waals surface area contributed by atoms with E-state index in [2.05, 4.69) is 0 Å². The van der Waals surface area contributed by atoms with Crippen molar-refractivity contribution in [3.05, 3.63) is 86.5 Å². The van der Waals surface area contributed by atoms with Crippen LogP contribution in [-0.2, 0) is 19.4 Å². The Morgan fingerprint density at radius 3 is 2.39 bits per heavy atom. The van der Waals surface area contributed by atoms with E-state index in [4.69, 9.17) is 14.2 Å². The molecule has 7 heteroatoms. The first-order valence-electron chi connectivity index (χ1n) is 10.8. The van der Waals surface area contributed by atoms with Crippen molar-refractivity contribution in [2.24, 2.45) is 0 Å². The van der Waals surface area contributed by atoms with Crippen LogP contribution < -0.4 is 14.2 Å². The van der Waals surface area contributed by atoms with Crippen LogP contribution in [0, 0.1) is 17.0 Å². The Balaban J connectivity index is 1.72. The van der Waals surface area contributed by atoms with Crippen LogP contribution in [0.3, 0.4) is 0 Å². The van der Waals surface area contributed by atoms with Gasteiger partial charge in [0.15, 0.2) is 17.3 Å². The zero-order valence-electron chi connectivity index (χ0n) is 18.8. The zero-order chi connectivity index (χ0) is 23.5. The van der Waals surface area contributed by atoms with Crippen molar-refractivity contribution in [3.8, 4) is 23.0 Å². The van der Waals surface area contributed by atoms with Gasteiger partial charge >= 0.3 is 0 Å². The number of ether oxygens (including phenoxy) is 3. The molecule has 0 heterocycles. The molecular weight excluding hydrogens is 422 g/mol. The summed E-state index contributed by atoms with van der Waals surface area (Å²) in [6.45, 7) is 3.54. The van der Waals surface area contributed by atoms with Gasteiger partial charge in [-0.2, -0.15) is 0 Å². The molecule has 0 amide bonds. The molecule has 3 aromatic rings. The van der Waals surface area contributed by atoms with Gasteiger partial charge in [0.1, 0.15) is 23.7 Å². The summed E-state index contributed by atoms with van der Waals surface area (Å²) >= 11 is 0. The van der Waals surface area contributed by atoms with Gasteiger partial charge < -0.3 is 14.2 Å². The van der Waals surface area contributed by atoms with E-state index in [1.807, 2.05) is 30.3 Å². The molecule has 0 spiro atoms. The number of nitrogens with zero attached hydrogens (tertiary/aromatic N) is 1. The van der Waals surface area contributed by atoms with Crippen molar-refractivity contribution in [1.82, 2.24) is 0 Å². The first kappa shape index (κ1) is 22.3. The van der Waals surface area contributed by atoms with E-state index < -0.39 is 0 Å². The number of benzene rings is 3. The maximum absolute atomic E-state index is 12.5. The van der Waals surface area contributed by atoms with Crippen molar-refractivity contribution < 1.29 is 23.9 Å². The predicted molar refractivity (Wildman–Crippen MR) is 124 cm³/mol. The maximum atomic E-state index is 12.5. The van der Waals surface area contributed by atoms with Gasteiger partial charge in [-0.25, -0.2) is 0 Å². The van der Waals surface area contributed by atoms with E-state index >= 15 is 0 Å². The molecule has 0 bridgehead atoms. The van der Waals surface area contributed by atoms with Crippen LogP contribution in [0.4, 0.5) is 5.69 Å². The molecule has 0 aliphatic heterocycles. The molecule has 0 aromatic heterocycles. The number of ketones is 1. The molecule has 4 rings (SSSR count). The van der Waals surface area contributed by atoms with Crippen molar-refractivity contribution >= 4 is 11.5 Å². The highest BCUT2D eigenvalue weighted by molar-refractivity contribution is 6.00. The van der Waals surface area contributed by atoms with Crippen LogP contribution in [0.1, 0.15) is 46.0 Å². The second-order valence-electron chi connectivity index (χ2n) is 8.01. The van der Waals surface area contributed by atoms with Crippen LogP contribution in [0.15, 0.2) is 48.5 Å². The van der Waals surface area contributed by atoms with Crippen LogP contribution in [0.25, 0.3) is 0 Å². The Morgan fingerprint density at radius 2 is 1.73 bits per heavy atom. The molecule has 7 nitrogen and oxygen atoms in total. The Kier molecular flexibility index (Phi) is 6.31. The van der Waals surface area contributed by atoms with Crippen LogP contribution in [0.5, 0.6) is 23.0 Å². The number of hydrogen-bond donors (Lipinski definition) is 0. The Morgan fingerprint density at radius 1 is 1.03 bits per heavy atom. The fourth-order valence-electron chi connectivity index (χ4n) is 4.31. The summed E-state index contributed by atoms with van der Waals surface area (Å²) in [5.41, 5.74) is 3.63. The molecular formula is C26H25NO6. The predicted octanol–water partition coefficient (Wildman–Crippen LogP) is 5.97. The van der Waals surface area contributed by atoms with E-state index in [0.717, 1.165) is 17.5 Å². The van der Waals surface area contributed by atoms with Crippen molar-refractivity contribution in [1.29, 1.82) is 0 Å². The molecule has 0 saturated carbocycles. The smallest absolute Gasteiger partial charge is 0.273 e. The molecule has 0 saturated heterocycles. The number of nitro groups is 1. The lowest BCUT2D eigenvalue weighted by atomic mass is 10.0. The average molecular weight is 447 g/mol. The fraction of sp³-hybridized carbons (Fsp3) is 0.269. The summed E-state index contributed by atoms with van der Waals surface area (Å²) in [5, 5.41) is 11.5. The molecule has 0 atom stereocenters. The van der Waals surface area contributed by atoms with Gasteiger partial charge in [0, 0.05) is 17.2 Å². The van der Waals surface area contributed by atoms with Gasteiger partial charge in [0.05, 0.1) is 12.0 Å². The van der Waals surface area contributed by atoms with Gasteiger partial charge in [-0.15, -0.1) is 0 Å². The largest absolute Gasteiger partial charge is 0.492 e. The first-order valence-corrected chi connectivity index (χ1v) is 10.8. The lowest BCUT2D eigenvalue weighted by molar-refractivity contribution is -0.385. The van der Waals surface area contributed by atoms with E-state index in [9.17, 15) is 14.9 Å². The minimum absolute atomic E-state index is 0.133. The van der Waals surface area contributed by atoms with E-state index in [-0.39, 0.29) is 22.1 Å². The van der Waals surface area contributed by atoms with Crippen LogP contribution in [0.2, 0.25) is 0 Å². The zero-order valence-corrected chi connectivity index (χ0v) is 18.8. The summed E-state index contributed by atoms with van der Waals surface area (Å²) in [7, 11) is 1.47. The normalized spacial score (nSPS) is 12.2. The van der Waals surface area contributed by atoms with E-state index in [0.29, 0.717) is 53.4 Å². The fourth-order valence-corrected chi connectivity index (χ4v) is 4.31. The highest BCUT2D eigenvalue weighted by Crippen LogP contribution is 2.45. The lowest BCUT2D eigenvalue weighted by Gasteiger charge is -2.19. The first-order chi connectivity index (χ1) is 15.9. The molecule has 0 fully saturated rings. The van der Waals surface area contributed by atoms with Gasteiger partial charge in [-0.1, -0.05) is 30.3 Å². The summed E-state index contributed by atoms with van der Waals surface area (Å²) in [5.74, 6) is 1.41. The number of nitro benzene ring substituents is 1. The number of fused-ring (bicyclic) bond motifs is 1. The monoisotopic (exact) mass is 447 g/mol. The van der Waals surface area contributed by atoms with Gasteiger partial charge in [0.2, 0.25) is 0 Å². The van der Waals surface area contributed by atoms with Crippen molar-refractivity contribution in [2.75, 3.05) is 7.11 Å². The third kappa shape index (κ3) is 4.39. The molecule has 0 unspecified atom stereocenters. The van der Waals surface area contributed by atoms with Crippen LogP contribution in [-0.4, -0.2) is 17.8 Å². The third-order valence-electron chi connectivity index (χ3n) is 5.80. The van der Waals surface area contributed by atoms with E-state index in [1.54, 1.807) is 25.1 Å². The van der Waals surface area contributed by atoms with Crippen molar-refractivity contribution in [2.45, 2.75) is 39.7 Å². The third-order valence-corrected chi connectivity index (χ3v) is 5.80. The molecule has 3 aromatic carbocycles. The molecule has 33 heavy (non-hydrogen) atoms. The summed E-state index contributed by atoms with van der Waals surface area (Å²) in [4.78, 5) is 23.7. The van der Waals surface area contributed by atoms with Gasteiger partial charge in [-0.05, 0) is 56.4 Å².